The van der Waals surface area contributed by atoms with E-state index in [1.807, 2.05) is 11.0 Å². The summed E-state index contributed by atoms with van der Waals surface area (Å²) in [5.41, 5.74) is 1.66. The van der Waals surface area contributed by atoms with Gasteiger partial charge in [-0.05, 0) is 42.8 Å². The molecule has 2 fully saturated rings. The van der Waals surface area contributed by atoms with Gasteiger partial charge in [-0.15, -0.1) is 0 Å². The van der Waals surface area contributed by atoms with Crippen LogP contribution >= 0.6 is 0 Å². The van der Waals surface area contributed by atoms with Crippen LogP contribution in [0.25, 0.3) is 11.0 Å². The van der Waals surface area contributed by atoms with Gasteiger partial charge in [-0.1, -0.05) is 6.92 Å². The van der Waals surface area contributed by atoms with E-state index >= 15 is 0 Å². The lowest BCUT2D eigenvalue weighted by molar-refractivity contribution is -0.138. The Morgan fingerprint density at radius 2 is 1.93 bits per heavy atom. The van der Waals surface area contributed by atoms with E-state index in [0.29, 0.717) is 41.3 Å². The van der Waals surface area contributed by atoms with Crippen LogP contribution in [-0.2, 0) is 19.3 Å². The van der Waals surface area contributed by atoms with E-state index in [1.54, 1.807) is 29.4 Å². The fraction of sp³-hybridized carbons (Fsp3) is 0.387. The number of urea groups is 1. The standard InChI is InChI=1S/C31H30F3N9O2/c1-2-41-5-7-42(8-6-41)17-25-24(31(32,33)34)11-20(14-37-25)40-30(44)43-16-18-9-21(15-38-28(18)22-12-26(22)43)45-27-3-4-36-29-23(27)10-19(13-35)39-29/h3-4,9-11,14-15,22,26H,2,5-8,12,16-17H2,1H3,(H,36,39)(H,40,44). The van der Waals surface area contributed by atoms with Crippen molar-refractivity contribution >= 4 is 22.8 Å². The molecule has 232 valence electrons. The summed E-state index contributed by atoms with van der Waals surface area (Å²) in [5, 5.41) is 12.5. The van der Waals surface area contributed by atoms with Gasteiger partial charge in [-0.25, -0.2) is 9.78 Å². The highest BCUT2D eigenvalue weighted by molar-refractivity contribution is 5.90. The van der Waals surface area contributed by atoms with Crippen LogP contribution in [0.5, 0.6) is 11.5 Å². The normalized spacial score (nSPS) is 19.9. The number of nitrogens with one attached hydrogen (secondary N) is 2. The molecule has 1 saturated heterocycles. The molecule has 4 aromatic heterocycles. The second kappa shape index (κ2) is 11.3. The first-order valence-corrected chi connectivity index (χ1v) is 14.8. The predicted octanol–water partition coefficient (Wildman–Crippen LogP) is 5.08. The molecule has 2 N–H and O–H groups in total. The summed E-state index contributed by atoms with van der Waals surface area (Å²) >= 11 is 0. The molecule has 3 aliphatic rings. The van der Waals surface area contributed by atoms with Gasteiger partial charge in [0, 0.05) is 57.4 Å². The molecule has 7 rings (SSSR count). The van der Waals surface area contributed by atoms with E-state index < -0.39 is 17.8 Å². The molecular formula is C31H30F3N9O2. The number of halogens is 3. The highest BCUT2D eigenvalue weighted by atomic mass is 19.4. The summed E-state index contributed by atoms with van der Waals surface area (Å²) in [6.07, 6.45) is 0.605. The van der Waals surface area contributed by atoms with E-state index in [4.69, 9.17) is 4.74 Å². The first-order valence-electron chi connectivity index (χ1n) is 14.8. The van der Waals surface area contributed by atoms with Crippen molar-refractivity contribution in [3.05, 3.63) is 71.1 Å². The summed E-state index contributed by atoms with van der Waals surface area (Å²) < 4.78 is 48.4. The van der Waals surface area contributed by atoms with Gasteiger partial charge in [0.1, 0.15) is 28.9 Å². The molecule has 11 nitrogen and oxygen atoms in total. The van der Waals surface area contributed by atoms with Crippen LogP contribution in [-0.4, -0.2) is 79.4 Å². The third kappa shape index (κ3) is 5.76. The number of carbonyl (C=O) groups is 1. The van der Waals surface area contributed by atoms with Crippen molar-refractivity contribution in [3.63, 3.8) is 0 Å². The van der Waals surface area contributed by atoms with Crippen LogP contribution in [0, 0.1) is 11.3 Å². The summed E-state index contributed by atoms with van der Waals surface area (Å²) in [6, 6.07) is 7.61. The number of fused-ring (bicyclic) bond motifs is 4. The van der Waals surface area contributed by atoms with E-state index in [0.717, 1.165) is 43.4 Å². The zero-order valence-electron chi connectivity index (χ0n) is 24.4. The van der Waals surface area contributed by atoms with Gasteiger partial charge < -0.3 is 24.8 Å². The Hall–Kier alpha value is -4.74. The summed E-state index contributed by atoms with van der Waals surface area (Å²) in [6.45, 7) is 6.26. The number of pyridine rings is 3. The number of nitriles is 1. The van der Waals surface area contributed by atoms with E-state index in [9.17, 15) is 23.2 Å². The molecule has 4 aromatic rings. The third-order valence-electron chi connectivity index (χ3n) is 8.74. The maximum absolute atomic E-state index is 14.1. The lowest BCUT2D eigenvalue weighted by Crippen LogP contribution is -2.45. The van der Waals surface area contributed by atoms with Gasteiger partial charge in [0.05, 0.1) is 40.4 Å². The van der Waals surface area contributed by atoms with Crippen LogP contribution in [0.1, 0.15) is 47.5 Å². The number of hydrogen-bond acceptors (Lipinski definition) is 8. The van der Waals surface area contributed by atoms with Crippen molar-refractivity contribution in [1.29, 1.82) is 5.26 Å². The molecular weight excluding hydrogens is 587 g/mol. The average Bonchev–Trinajstić information content (AvgIpc) is 3.72. The van der Waals surface area contributed by atoms with Gasteiger partial charge in [-0.3, -0.25) is 14.9 Å². The van der Waals surface area contributed by atoms with Gasteiger partial charge in [0.2, 0.25) is 0 Å². The Labute approximate surface area is 256 Å². The second-order valence-corrected chi connectivity index (χ2v) is 11.6. The van der Waals surface area contributed by atoms with Crippen LogP contribution in [0.3, 0.4) is 0 Å². The molecule has 2 unspecified atom stereocenters. The molecule has 0 bridgehead atoms. The Morgan fingerprint density at radius 1 is 1.13 bits per heavy atom. The molecule has 2 aliphatic heterocycles. The Balaban J connectivity index is 1.06. The van der Waals surface area contributed by atoms with E-state index in [1.165, 1.54) is 6.20 Å². The van der Waals surface area contributed by atoms with Crippen molar-refractivity contribution in [2.75, 3.05) is 38.0 Å². The average molecular weight is 618 g/mol. The molecule has 45 heavy (non-hydrogen) atoms. The van der Waals surface area contributed by atoms with E-state index in [2.05, 4.69) is 43.1 Å². The minimum absolute atomic E-state index is 0.00460. The van der Waals surface area contributed by atoms with Crippen molar-refractivity contribution in [2.45, 2.75) is 44.6 Å². The number of H-pyrrole nitrogens is 1. The largest absolute Gasteiger partial charge is 0.455 e. The minimum Gasteiger partial charge on any atom is -0.455 e. The number of aromatic amines is 1. The predicted molar refractivity (Wildman–Crippen MR) is 157 cm³/mol. The topological polar surface area (TPSA) is 126 Å². The summed E-state index contributed by atoms with van der Waals surface area (Å²) in [5.74, 6) is 0.989. The van der Waals surface area contributed by atoms with Crippen LogP contribution in [0.2, 0.25) is 0 Å². The molecule has 0 radical (unpaired) electrons. The van der Waals surface area contributed by atoms with Gasteiger partial charge in [0.15, 0.2) is 0 Å². The van der Waals surface area contributed by atoms with Gasteiger partial charge >= 0.3 is 12.2 Å². The molecule has 1 aliphatic carbocycles. The number of anilines is 1. The first kappa shape index (κ1) is 29.0. The van der Waals surface area contributed by atoms with E-state index in [-0.39, 0.29) is 36.4 Å². The quantitative estimate of drug-likeness (QED) is 0.307. The highest BCUT2D eigenvalue weighted by Gasteiger charge is 2.50. The molecule has 1 saturated carbocycles. The van der Waals surface area contributed by atoms with Crippen LogP contribution in [0.4, 0.5) is 23.7 Å². The number of alkyl halides is 3. The molecule has 14 heteroatoms. The number of nitrogens with zero attached hydrogens (tertiary/aromatic N) is 7. The lowest BCUT2D eigenvalue weighted by Gasteiger charge is -2.34. The zero-order valence-corrected chi connectivity index (χ0v) is 24.4. The zero-order chi connectivity index (χ0) is 31.3. The van der Waals surface area contributed by atoms with Crippen molar-refractivity contribution < 1.29 is 22.7 Å². The smallest absolute Gasteiger partial charge is 0.418 e. The Morgan fingerprint density at radius 3 is 2.69 bits per heavy atom. The number of hydrogen-bond donors (Lipinski definition) is 2. The fourth-order valence-corrected chi connectivity index (χ4v) is 6.24. The first-order chi connectivity index (χ1) is 21.7. The monoisotopic (exact) mass is 617 g/mol. The molecule has 2 amide bonds. The number of aromatic nitrogens is 4. The number of piperazine rings is 1. The summed E-state index contributed by atoms with van der Waals surface area (Å²) in [7, 11) is 0. The second-order valence-electron chi connectivity index (χ2n) is 11.6. The molecule has 0 aromatic carbocycles. The number of likely N-dealkylation sites (N-methyl/N-ethyl adjacent to an activating group) is 1. The van der Waals surface area contributed by atoms with Gasteiger partial charge in [0.25, 0.3) is 0 Å². The Bertz CT molecular complexity index is 1810. The third-order valence-corrected chi connectivity index (χ3v) is 8.74. The summed E-state index contributed by atoms with van der Waals surface area (Å²) in [4.78, 5) is 35.2. The van der Waals surface area contributed by atoms with Crippen molar-refractivity contribution in [2.24, 2.45) is 0 Å². The Kier molecular flexibility index (Phi) is 7.29. The maximum Gasteiger partial charge on any atom is 0.418 e. The number of rotatable bonds is 6. The van der Waals surface area contributed by atoms with Gasteiger partial charge in [-0.2, -0.15) is 18.4 Å². The van der Waals surface area contributed by atoms with Crippen LogP contribution < -0.4 is 10.1 Å². The SMILES string of the molecule is CCN1CCN(Cc2ncc(NC(=O)N3Cc4cc(Oc5ccnc6[nH]c(C#N)cc56)cnc4C4CC43)cc2C(F)(F)F)CC1. The molecule has 2 atom stereocenters. The van der Waals surface area contributed by atoms with Crippen molar-refractivity contribution in [3.8, 4) is 17.6 Å². The maximum atomic E-state index is 14.1. The molecule has 6 heterocycles. The highest BCUT2D eigenvalue weighted by Crippen LogP contribution is 2.50. The number of ether oxygens (including phenoxy) is 1. The minimum atomic E-state index is -4.61. The number of amides is 2. The molecule has 0 spiro atoms. The fourth-order valence-electron chi connectivity index (χ4n) is 6.24. The number of carbonyl (C=O) groups excluding carboxylic acids is 1. The van der Waals surface area contributed by atoms with Crippen molar-refractivity contribution in [1.82, 2.24) is 34.6 Å². The lowest BCUT2D eigenvalue weighted by atomic mass is 10.1. The van der Waals surface area contributed by atoms with Crippen LogP contribution in [0.15, 0.2) is 42.9 Å².